The zero-order valence-electron chi connectivity index (χ0n) is 11.0. The maximum absolute atomic E-state index is 13.1. The second kappa shape index (κ2) is 5.67. The Labute approximate surface area is 120 Å². The Balaban J connectivity index is 2.11. The molecule has 0 aromatic heterocycles. The molecule has 1 fully saturated rings. The van der Waals surface area contributed by atoms with Crippen molar-refractivity contribution >= 4 is 21.8 Å². The molecule has 4 nitrogen and oxygen atoms in total. The minimum absolute atomic E-state index is 0.0172. The van der Waals surface area contributed by atoms with E-state index in [0.29, 0.717) is 0 Å². The van der Waals surface area contributed by atoms with Gasteiger partial charge in [0.25, 0.3) is 0 Å². The topological polar surface area (TPSA) is 63.2 Å². The summed E-state index contributed by atoms with van der Waals surface area (Å²) < 4.78 is 61.1. The van der Waals surface area contributed by atoms with E-state index in [2.05, 4.69) is 5.32 Å². The van der Waals surface area contributed by atoms with Gasteiger partial charge in [0.05, 0.1) is 5.69 Å². The van der Waals surface area contributed by atoms with Gasteiger partial charge in [-0.15, -0.1) is 3.89 Å². The van der Waals surface area contributed by atoms with Gasteiger partial charge in [-0.2, -0.15) is 8.42 Å². The molecule has 0 aliphatic heterocycles. The van der Waals surface area contributed by atoms with Gasteiger partial charge in [-0.05, 0) is 25.0 Å². The molecule has 116 valence electrons. The van der Waals surface area contributed by atoms with Crippen LogP contribution in [-0.2, 0) is 15.0 Å². The summed E-state index contributed by atoms with van der Waals surface area (Å²) in [5.41, 5.74) is -0.178. The fourth-order valence-corrected chi connectivity index (χ4v) is 2.94. The highest BCUT2D eigenvalue weighted by molar-refractivity contribution is 7.86. The number of anilines is 1. The fraction of sp³-hybridized carbons (Fsp3) is 0.462. The zero-order valence-corrected chi connectivity index (χ0v) is 11.8. The Bertz CT molecular complexity index is 636. The molecule has 0 unspecified atom stereocenters. The first-order valence-corrected chi connectivity index (χ1v) is 7.80. The summed E-state index contributed by atoms with van der Waals surface area (Å²) >= 11 is 0. The quantitative estimate of drug-likeness (QED) is 0.870. The summed E-state index contributed by atoms with van der Waals surface area (Å²) in [7, 11) is -4.96. The molecule has 21 heavy (non-hydrogen) atoms. The molecule has 2 rings (SSSR count). The monoisotopic (exact) mass is 321 g/mol. The van der Waals surface area contributed by atoms with E-state index in [1.54, 1.807) is 0 Å². The number of carbonyl (C=O) groups excluding carboxylic acids is 1. The van der Waals surface area contributed by atoms with Crippen LogP contribution in [0.15, 0.2) is 29.2 Å². The van der Waals surface area contributed by atoms with Crippen LogP contribution in [0.5, 0.6) is 0 Å². The number of hydrogen-bond acceptors (Lipinski definition) is 3. The lowest BCUT2D eigenvalue weighted by Crippen LogP contribution is -2.32. The normalized spacial score (nSPS) is 19.2. The number of carbonyl (C=O) groups is 1. The lowest BCUT2D eigenvalue weighted by molar-refractivity contribution is -0.124. The van der Waals surface area contributed by atoms with E-state index < -0.39 is 32.9 Å². The van der Waals surface area contributed by atoms with Crippen molar-refractivity contribution in [3.05, 3.63) is 24.3 Å². The Hall–Kier alpha value is -1.57. The van der Waals surface area contributed by atoms with Crippen LogP contribution in [0.25, 0.3) is 0 Å². The maximum atomic E-state index is 13.1. The number of alkyl halides is 2. The minimum Gasteiger partial charge on any atom is -0.325 e. The lowest BCUT2D eigenvalue weighted by Gasteiger charge is -2.27. The summed E-state index contributed by atoms with van der Waals surface area (Å²) in [4.78, 5) is 11.3. The number of amides is 1. The van der Waals surface area contributed by atoms with E-state index in [0.717, 1.165) is 6.07 Å². The summed E-state index contributed by atoms with van der Waals surface area (Å²) in [6.07, 6.45) is -0.727. The Morgan fingerprint density at radius 2 is 1.76 bits per heavy atom. The highest BCUT2D eigenvalue weighted by atomic mass is 32.3. The van der Waals surface area contributed by atoms with Crippen LogP contribution in [0.1, 0.15) is 25.7 Å². The number of benzene rings is 1. The molecule has 1 aliphatic carbocycles. The van der Waals surface area contributed by atoms with Crippen molar-refractivity contribution in [2.45, 2.75) is 36.5 Å². The van der Waals surface area contributed by atoms with Crippen molar-refractivity contribution in [2.24, 2.45) is 5.92 Å². The first-order valence-electron chi connectivity index (χ1n) is 6.41. The molecule has 1 aromatic rings. The average Bonchev–Trinajstić information content (AvgIpc) is 2.37. The van der Waals surface area contributed by atoms with E-state index in [1.807, 2.05) is 0 Å². The van der Waals surface area contributed by atoms with Gasteiger partial charge >= 0.3 is 10.2 Å². The largest absolute Gasteiger partial charge is 0.334 e. The second-order valence-corrected chi connectivity index (χ2v) is 6.37. The third-order valence-electron chi connectivity index (χ3n) is 3.50. The van der Waals surface area contributed by atoms with Crippen molar-refractivity contribution in [2.75, 3.05) is 5.32 Å². The number of rotatable bonds is 3. The van der Waals surface area contributed by atoms with Gasteiger partial charge in [0, 0.05) is 18.8 Å². The van der Waals surface area contributed by atoms with E-state index in [-0.39, 0.29) is 31.4 Å². The number of nitrogens with one attached hydrogen (secondary N) is 1. The summed E-state index contributed by atoms with van der Waals surface area (Å²) in [6.45, 7) is 0. The van der Waals surface area contributed by atoms with Gasteiger partial charge in [-0.1, -0.05) is 12.1 Å². The first-order chi connectivity index (χ1) is 9.69. The van der Waals surface area contributed by atoms with Crippen molar-refractivity contribution in [1.29, 1.82) is 0 Å². The van der Waals surface area contributed by atoms with E-state index in [1.165, 1.54) is 18.2 Å². The SMILES string of the molecule is O=C(Nc1ccccc1S(=O)(=O)F)C1CCC(F)(F)CC1. The Kier molecular flexibility index (Phi) is 4.27. The average molecular weight is 321 g/mol. The number of halogens is 3. The fourth-order valence-electron chi connectivity index (χ4n) is 2.32. The molecule has 0 bridgehead atoms. The Morgan fingerprint density at radius 3 is 2.33 bits per heavy atom. The summed E-state index contributed by atoms with van der Waals surface area (Å²) in [6, 6.07) is 5.05. The third-order valence-corrected chi connectivity index (χ3v) is 4.38. The highest BCUT2D eigenvalue weighted by Crippen LogP contribution is 2.36. The van der Waals surface area contributed by atoms with Gasteiger partial charge in [-0.25, -0.2) is 8.78 Å². The van der Waals surface area contributed by atoms with Crippen LogP contribution in [0.4, 0.5) is 18.4 Å². The molecule has 0 radical (unpaired) electrons. The van der Waals surface area contributed by atoms with Gasteiger partial charge in [0.1, 0.15) is 4.90 Å². The molecular weight excluding hydrogens is 307 g/mol. The van der Waals surface area contributed by atoms with Gasteiger partial charge in [-0.3, -0.25) is 4.79 Å². The molecule has 0 atom stereocenters. The minimum atomic E-state index is -4.96. The van der Waals surface area contributed by atoms with E-state index in [4.69, 9.17) is 0 Å². The Morgan fingerprint density at radius 1 is 1.19 bits per heavy atom. The van der Waals surface area contributed by atoms with Gasteiger partial charge < -0.3 is 5.32 Å². The predicted molar refractivity (Wildman–Crippen MR) is 70.3 cm³/mol. The zero-order chi connectivity index (χ0) is 15.7. The molecule has 0 saturated heterocycles. The lowest BCUT2D eigenvalue weighted by atomic mass is 9.86. The molecule has 8 heteroatoms. The van der Waals surface area contributed by atoms with Crippen molar-refractivity contribution in [3.63, 3.8) is 0 Å². The molecule has 0 heterocycles. The molecule has 1 N–H and O–H groups in total. The van der Waals surface area contributed by atoms with Crippen molar-refractivity contribution < 1.29 is 25.9 Å². The smallest absolute Gasteiger partial charge is 0.325 e. The molecule has 1 aliphatic rings. The molecule has 1 saturated carbocycles. The molecule has 0 spiro atoms. The number of para-hydroxylation sites is 1. The van der Waals surface area contributed by atoms with Crippen LogP contribution in [0.3, 0.4) is 0 Å². The van der Waals surface area contributed by atoms with Crippen LogP contribution < -0.4 is 5.32 Å². The molecular formula is C13H14F3NO3S. The van der Waals surface area contributed by atoms with Crippen LogP contribution in [0, 0.1) is 5.92 Å². The van der Waals surface area contributed by atoms with E-state index in [9.17, 15) is 25.9 Å². The third kappa shape index (κ3) is 3.96. The first kappa shape index (κ1) is 15.8. The predicted octanol–water partition coefficient (Wildman–Crippen LogP) is 3.11. The highest BCUT2D eigenvalue weighted by Gasteiger charge is 2.37. The van der Waals surface area contributed by atoms with Gasteiger partial charge in [0.15, 0.2) is 0 Å². The molecule has 1 aromatic carbocycles. The van der Waals surface area contributed by atoms with Crippen molar-refractivity contribution in [3.8, 4) is 0 Å². The standard InChI is InChI=1S/C13H14F3NO3S/c14-13(15)7-5-9(6-8-13)12(18)17-10-3-1-2-4-11(10)21(16,19)20/h1-4,9H,5-8H2,(H,17,18). The van der Waals surface area contributed by atoms with Crippen molar-refractivity contribution in [1.82, 2.24) is 0 Å². The van der Waals surface area contributed by atoms with Gasteiger partial charge in [0.2, 0.25) is 11.8 Å². The molecule has 1 amide bonds. The van der Waals surface area contributed by atoms with Crippen LogP contribution in [0.2, 0.25) is 0 Å². The maximum Gasteiger partial charge on any atom is 0.334 e. The second-order valence-electron chi connectivity index (χ2n) is 5.05. The number of hydrogen-bond donors (Lipinski definition) is 1. The van der Waals surface area contributed by atoms with Crippen LogP contribution in [-0.4, -0.2) is 20.2 Å². The van der Waals surface area contributed by atoms with Crippen LogP contribution >= 0.6 is 0 Å². The van der Waals surface area contributed by atoms with E-state index >= 15 is 0 Å². The summed E-state index contributed by atoms with van der Waals surface area (Å²) in [5, 5.41) is 2.31. The summed E-state index contributed by atoms with van der Waals surface area (Å²) in [5.74, 6) is -3.95.